The zero-order chi connectivity index (χ0) is 14.2. The minimum absolute atomic E-state index is 0.182. The van der Waals surface area contributed by atoms with E-state index in [0.717, 1.165) is 5.56 Å². The van der Waals surface area contributed by atoms with Crippen molar-refractivity contribution >= 4 is 11.9 Å². The monoisotopic (exact) mass is 263 g/mol. The van der Waals surface area contributed by atoms with Gasteiger partial charge in [0, 0.05) is 18.7 Å². The van der Waals surface area contributed by atoms with E-state index in [9.17, 15) is 9.59 Å². The lowest BCUT2D eigenvalue weighted by Crippen LogP contribution is -2.33. The molecule has 2 heterocycles. The third kappa shape index (κ3) is 3.07. The van der Waals surface area contributed by atoms with Crippen molar-refractivity contribution in [2.24, 2.45) is 0 Å². The number of ketones is 1. The van der Waals surface area contributed by atoms with Crippen LogP contribution in [0.25, 0.3) is 0 Å². The Morgan fingerprint density at radius 2 is 2.00 bits per heavy atom. The number of hydrogen-bond donors (Lipinski definition) is 0. The summed E-state index contributed by atoms with van der Waals surface area (Å²) in [7, 11) is 0. The highest BCUT2D eigenvalue weighted by Gasteiger charge is 2.29. The zero-order valence-corrected chi connectivity index (χ0v) is 11.6. The quantitative estimate of drug-likeness (QED) is 0.724. The molecule has 0 radical (unpaired) electrons. The summed E-state index contributed by atoms with van der Waals surface area (Å²) in [6.45, 7) is 7.66. The van der Waals surface area contributed by atoms with Crippen molar-refractivity contribution in [3.63, 3.8) is 0 Å². The van der Waals surface area contributed by atoms with Gasteiger partial charge in [0.15, 0.2) is 11.6 Å². The van der Waals surface area contributed by atoms with E-state index in [2.05, 4.69) is 9.97 Å². The van der Waals surface area contributed by atoms with Crippen LogP contribution in [0.3, 0.4) is 0 Å². The van der Waals surface area contributed by atoms with Crippen LogP contribution < -0.4 is 0 Å². The minimum atomic E-state index is -0.526. The summed E-state index contributed by atoms with van der Waals surface area (Å²) >= 11 is 0. The molecule has 0 aliphatic carbocycles. The molecule has 0 aromatic carbocycles. The molecule has 1 aromatic rings. The first-order valence-electron chi connectivity index (χ1n) is 6.10. The summed E-state index contributed by atoms with van der Waals surface area (Å²) in [5.41, 5.74) is 1.05. The van der Waals surface area contributed by atoms with Crippen LogP contribution in [-0.4, -0.2) is 32.3 Å². The van der Waals surface area contributed by atoms with Crippen LogP contribution in [0.1, 0.15) is 49.6 Å². The molecule has 6 nitrogen and oxygen atoms in total. The Morgan fingerprint density at radius 3 is 2.58 bits per heavy atom. The van der Waals surface area contributed by atoms with E-state index in [-0.39, 0.29) is 17.7 Å². The van der Waals surface area contributed by atoms with E-state index in [1.165, 1.54) is 6.92 Å². The molecule has 19 heavy (non-hydrogen) atoms. The van der Waals surface area contributed by atoms with Crippen LogP contribution in [0.2, 0.25) is 0 Å². The molecule has 0 spiro atoms. The van der Waals surface area contributed by atoms with Gasteiger partial charge in [-0.1, -0.05) is 0 Å². The molecule has 2 rings (SSSR count). The second kappa shape index (κ2) is 4.60. The van der Waals surface area contributed by atoms with Gasteiger partial charge in [-0.05, 0) is 20.8 Å². The van der Waals surface area contributed by atoms with Crippen molar-refractivity contribution in [3.8, 4) is 0 Å². The first kappa shape index (κ1) is 13.5. The number of hydrogen-bond acceptors (Lipinski definition) is 5. The standard InChI is InChI=1S/C13H17N3O3/c1-8(17)11-14-5-9-6-16(7-10(9)15-11)12(18)19-13(2,3)4/h5H,6-7H2,1-4H3. The number of aromatic nitrogens is 2. The van der Waals surface area contributed by atoms with Crippen LogP contribution >= 0.6 is 0 Å². The molecule has 0 saturated heterocycles. The van der Waals surface area contributed by atoms with Crippen LogP contribution in [0, 0.1) is 0 Å². The lowest BCUT2D eigenvalue weighted by Gasteiger charge is -2.23. The van der Waals surface area contributed by atoms with Gasteiger partial charge in [-0.15, -0.1) is 0 Å². The average Bonchev–Trinajstić information content (AvgIpc) is 2.68. The summed E-state index contributed by atoms with van der Waals surface area (Å²) in [4.78, 5) is 32.9. The Kier molecular flexibility index (Phi) is 3.26. The number of nitrogens with zero attached hydrogens (tertiary/aromatic N) is 3. The predicted molar refractivity (Wildman–Crippen MR) is 67.5 cm³/mol. The van der Waals surface area contributed by atoms with E-state index in [1.807, 2.05) is 20.8 Å². The number of ether oxygens (including phenoxy) is 1. The lowest BCUT2D eigenvalue weighted by molar-refractivity contribution is 0.0240. The molecule has 1 aliphatic rings. The first-order chi connectivity index (χ1) is 8.76. The van der Waals surface area contributed by atoms with Gasteiger partial charge in [0.05, 0.1) is 18.8 Å². The number of rotatable bonds is 1. The van der Waals surface area contributed by atoms with Crippen molar-refractivity contribution in [3.05, 3.63) is 23.3 Å². The maximum absolute atomic E-state index is 11.9. The van der Waals surface area contributed by atoms with E-state index in [1.54, 1.807) is 11.1 Å². The fraction of sp³-hybridized carbons (Fsp3) is 0.538. The van der Waals surface area contributed by atoms with E-state index >= 15 is 0 Å². The normalized spacial score (nSPS) is 14.2. The van der Waals surface area contributed by atoms with Gasteiger partial charge in [0.1, 0.15) is 5.60 Å². The highest BCUT2D eigenvalue weighted by molar-refractivity contribution is 5.90. The molecule has 0 atom stereocenters. The molecule has 1 aliphatic heterocycles. The second-order valence-corrected chi connectivity index (χ2v) is 5.56. The highest BCUT2D eigenvalue weighted by atomic mass is 16.6. The lowest BCUT2D eigenvalue weighted by atomic mass is 10.2. The maximum Gasteiger partial charge on any atom is 0.410 e. The van der Waals surface area contributed by atoms with Gasteiger partial charge in [0.2, 0.25) is 0 Å². The molecule has 6 heteroatoms. The summed E-state index contributed by atoms with van der Waals surface area (Å²) in [5.74, 6) is 0.00306. The van der Waals surface area contributed by atoms with Crippen LogP contribution in [0.5, 0.6) is 0 Å². The van der Waals surface area contributed by atoms with Crippen molar-refractivity contribution < 1.29 is 14.3 Å². The van der Waals surface area contributed by atoms with E-state index in [0.29, 0.717) is 18.8 Å². The summed E-state index contributed by atoms with van der Waals surface area (Å²) in [6, 6.07) is 0. The molecular formula is C13H17N3O3. The molecule has 0 bridgehead atoms. The summed E-state index contributed by atoms with van der Waals surface area (Å²) in [5, 5.41) is 0. The fourth-order valence-corrected chi connectivity index (χ4v) is 1.78. The van der Waals surface area contributed by atoms with Gasteiger partial charge < -0.3 is 4.74 Å². The summed E-state index contributed by atoms with van der Waals surface area (Å²) < 4.78 is 5.30. The van der Waals surface area contributed by atoms with Crippen LogP contribution in [0.15, 0.2) is 6.20 Å². The highest BCUT2D eigenvalue weighted by Crippen LogP contribution is 2.22. The smallest absolute Gasteiger partial charge is 0.410 e. The second-order valence-electron chi connectivity index (χ2n) is 5.56. The minimum Gasteiger partial charge on any atom is -0.444 e. The number of carbonyl (C=O) groups is 2. The third-order valence-corrected chi connectivity index (χ3v) is 2.62. The summed E-state index contributed by atoms with van der Waals surface area (Å²) in [6.07, 6.45) is 1.22. The van der Waals surface area contributed by atoms with Gasteiger partial charge in [-0.3, -0.25) is 9.69 Å². The van der Waals surface area contributed by atoms with Crippen LogP contribution in [0.4, 0.5) is 4.79 Å². The van der Waals surface area contributed by atoms with Gasteiger partial charge in [-0.25, -0.2) is 14.8 Å². The van der Waals surface area contributed by atoms with Crippen molar-refractivity contribution in [1.29, 1.82) is 0 Å². The molecule has 1 amide bonds. The number of carbonyl (C=O) groups excluding carboxylic acids is 2. The fourth-order valence-electron chi connectivity index (χ4n) is 1.78. The molecule has 0 unspecified atom stereocenters. The van der Waals surface area contributed by atoms with Crippen molar-refractivity contribution in [2.45, 2.75) is 46.4 Å². The maximum atomic E-state index is 11.9. The van der Waals surface area contributed by atoms with Gasteiger partial charge >= 0.3 is 6.09 Å². The topological polar surface area (TPSA) is 72.4 Å². The molecule has 102 valence electrons. The Balaban J connectivity index is 2.12. The van der Waals surface area contributed by atoms with Crippen molar-refractivity contribution in [1.82, 2.24) is 14.9 Å². The van der Waals surface area contributed by atoms with E-state index < -0.39 is 5.60 Å². The van der Waals surface area contributed by atoms with Gasteiger partial charge in [-0.2, -0.15) is 0 Å². The number of fused-ring (bicyclic) bond motifs is 1. The van der Waals surface area contributed by atoms with Crippen molar-refractivity contribution in [2.75, 3.05) is 0 Å². The zero-order valence-electron chi connectivity index (χ0n) is 11.6. The molecule has 1 aromatic heterocycles. The average molecular weight is 263 g/mol. The molecule has 0 fully saturated rings. The third-order valence-electron chi connectivity index (χ3n) is 2.62. The Hall–Kier alpha value is -1.98. The largest absolute Gasteiger partial charge is 0.444 e. The molecule has 0 N–H and O–H groups in total. The molecular weight excluding hydrogens is 246 g/mol. The number of amides is 1. The number of Topliss-reactive ketones (excluding diaryl/α,β-unsaturated/α-hetero) is 1. The van der Waals surface area contributed by atoms with Crippen LogP contribution in [-0.2, 0) is 17.8 Å². The molecule has 0 saturated carbocycles. The Morgan fingerprint density at radius 1 is 1.32 bits per heavy atom. The first-order valence-corrected chi connectivity index (χ1v) is 6.10. The SMILES string of the molecule is CC(=O)c1ncc2c(n1)CN(C(=O)OC(C)(C)C)C2. The van der Waals surface area contributed by atoms with Gasteiger partial charge in [0.25, 0.3) is 0 Å². The predicted octanol–water partition coefficient (Wildman–Crippen LogP) is 1.93. The Bertz CT molecular complexity index is 534. The van der Waals surface area contributed by atoms with E-state index in [4.69, 9.17) is 4.74 Å². The Labute approximate surface area is 111 Å².